The fourth-order valence-corrected chi connectivity index (χ4v) is 1.44. The molecule has 0 spiro atoms. The maximum Gasteiger partial charge on any atom is 0.303 e. The average molecular weight is 208 g/mol. The van der Waals surface area contributed by atoms with Gasteiger partial charge in [0, 0.05) is 13.1 Å². The molecule has 0 amide bonds. The van der Waals surface area contributed by atoms with Crippen molar-refractivity contribution < 1.29 is 9.53 Å². The van der Waals surface area contributed by atoms with Gasteiger partial charge in [-0.15, -0.1) is 0 Å². The molecule has 1 heterocycles. The van der Waals surface area contributed by atoms with Gasteiger partial charge in [0.1, 0.15) is 11.8 Å². The first-order chi connectivity index (χ1) is 7.04. The molecule has 0 unspecified atom stereocenters. The number of rotatable bonds is 3. The van der Waals surface area contributed by atoms with Gasteiger partial charge in [-0.3, -0.25) is 14.8 Å². The minimum absolute atomic E-state index is 0.299. The molecule has 1 aromatic rings. The van der Waals surface area contributed by atoms with Gasteiger partial charge in [0.15, 0.2) is 0 Å². The molecule has 1 atom stereocenters. The highest BCUT2D eigenvalue weighted by Gasteiger charge is 2.15. The third-order valence-electron chi connectivity index (χ3n) is 2.06. The first-order valence-corrected chi connectivity index (χ1v) is 5.04. The summed E-state index contributed by atoms with van der Waals surface area (Å²) < 4.78 is 5.08. The van der Waals surface area contributed by atoms with Crippen LogP contribution in [0.25, 0.3) is 0 Å². The van der Waals surface area contributed by atoms with Gasteiger partial charge in [0.25, 0.3) is 0 Å². The second kappa shape index (κ2) is 4.87. The number of hydrogen-bond donors (Lipinski definition) is 0. The highest BCUT2D eigenvalue weighted by Crippen LogP contribution is 2.18. The zero-order chi connectivity index (χ0) is 11.4. The summed E-state index contributed by atoms with van der Waals surface area (Å²) in [6, 6.07) is 0. The second-order valence-corrected chi connectivity index (χ2v) is 3.45. The van der Waals surface area contributed by atoms with Crippen LogP contribution in [0.15, 0.2) is 6.20 Å². The van der Waals surface area contributed by atoms with Crippen LogP contribution in [-0.4, -0.2) is 15.9 Å². The number of hydrogen-bond acceptors (Lipinski definition) is 4. The number of aromatic nitrogens is 2. The van der Waals surface area contributed by atoms with Crippen LogP contribution in [0.1, 0.15) is 44.0 Å². The van der Waals surface area contributed by atoms with Gasteiger partial charge in [-0.25, -0.2) is 0 Å². The first kappa shape index (κ1) is 11.6. The van der Waals surface area contributed by atoms with Gasteiger partial charge in [0.2, 0.25) is 0 Å². The Kier molecular flexibility index (Phi) is 3.77. The van der Waals surface area contributed by atoms with Crippen molar-refractivity contribution in [1.82, 2.24) is 9.97 Å². The lowest BCUT2D eigenvalue weighted by molar-refractivity contribution is -0.146. The number of carbonyl (C=O) groups excluding carboxylic acids is 1. The van der Waals surface area contributed by atoms with Crippen molar-refractivity contribution in [3.8, 4) is 0 Å². The molecule has 82 valence electrons. The topological polar surface area (TPSA) is 52.1 Å². The standard InChI is InChI=1S/C11H16N2O2/c1-5-10-11(8(3)15-9(4)14)12-6-7(2)13-10/h6,8H,5H2,1-4H3/t8-/m1/s1. The molecule has 0 saturated carbocycles. The van der Waals surface area contributed by atoms with Gasteiger partial charge in [-0.05, 0) is 20.3 Å². The van der Waals surface area contributed by atoms with E-state index in [9.17, 15) is 4.79 Å². The molecule has 0 aliphatic carbocycles. The Balaban J connectivity index is 2.97. The summed E-state index contributed by atoms with van der Waals surface area (Å²) in [7, 11) is 0. The Morgan fingerprint density at radius 3 is 2.80 bits per heavy atom. The molecule has 0 saturated heterocycles. The molecule has 1 aromatic heterocycles. The number of esters is 1. The molecule has 0 aromatic carbocycles. The minimum atomic E-state index is -0.328. The van der Waals surface area contributed by atoms with Gasteiger partial charge in [0.05, 0.1) is 11.4 Å². The molecular formula is C11H16N2O2. The van der Waals surface area contributed by atoms with Crippen molar-refractivity contribution in [3.05, 3.63) is 23.3 Å². The summed E-state index contributed by atoms with van der Waals surface area (Å²) in [5, 5.41) is 0. The Bertz CT molecular complexity index is 364. The van der Waals surface area contributed by atoms with Crippen LogP contribution in [0.5, 0.6) is 0 Å². The maximum absolute atomic E-state index is 10.8. The van der Waals surface area contributed by atoms with E-state index in [1.165, 1.54) is 6.92 Å². The Hall–Kier alpha value is -1.45. The third-order valence-corrected chi connectivity index (χ3v) is 2.06. The summed E-state index contributed by atoms with van der Waals surface area (Å²) in [5.41, 5.74) is 2.52. The predicted molar refractivity (Wildman–Crippen MR) is 56.3 cm³/mol. The van der Waals surface area contributed by atoms with Crippen LogP contribution in [-0.2, 0) is 16.0 Å². The molecule has 15 heavy (non-hydrogen) atoms. The molecule has 4 heteroatoms. The predicted octanol–water partition coefficient (Wildman–Crippen LogP) is 1.97. The van der Waals surface area contributed by atoms with Gasteiger partial charge >= 0.3 is 5.97 Å². The molecule has 1 rings (SSSR count). The van der Waals surface area contributed by atoms with E-state index >= 15 is 0 Å². The number of ether oxygens (including phenoxy) is 1. The highest BCUT2D eigenvalue weighted by atomic mass is 16.5. The lowest BCUT2D eigenvalue weighted by atomic mass is 10.1. The summed E-state index contributed by atoms with van der Waals surface area (Å²) in [5.74, 6) is -0.299. The lowest BCUT2D eigenvalue weighted by Gasteiger charge is -2.14. The van der Waals surface area contributed by atoms with Crippen LogP contribution in [0, 0.1) is 6.92 Å². The Labute approximate surface area is 89.7 Å². The molecule has 0 aliphatic heterocycles. The zero-order valence-corrected chi connectivity index (χ0v) is 9.57. The monoisotopic (exact) mass is 208 g/mol. The summed E-state index contributed by atoms with van der Waals surface area (Å²) in [6.45, 7) is 7.10. The van der Waals surface area contributed by atoms with Gasteiger partial charge < -0.3 is 4.74 Å². The fraction of sp³-hybridized carbons (Fsp3) is 0.545. The van der Waals surface area contributed by atoms with E-state index in [1.807, 2.05) is 13.8 Å². The molecular weight excluding hydrogens is 192 g/mol. The van der Waals surface area contributed by atoms with Crippen molar-refractivity contribution in [2.75, 3.05) is 0 Å². The Morgan fingerprint density at radius 1 is 1.60 bits per heavy atom. The van der Waals surface area contributed by atoms with E-state index < -0.39 is 0 Å². The summed E-state index contributed by atoms with van der Waals surface area (Å²) in [4.78, 5) is 19.5. The summed E-state index contributed by atoms with van der Waals surface area (Å²) >= 11 is 0. The molecule has 0 aliphatic rings. The molecule has 0 radical (unpaired) electrons. The van der Waals surface area contributed by atoms with Crippen molar-refractivity contribution >= 4 is 5.97 Å². The van der Waals surface area contributed by atoms with Crippen LogP contribution in [0.2, 0.25) is 0 Å². The van der Waals surface area contributed by atoms with Crippen molar-refractivity contribution in [3.63, 3.8) is 0 Å². The zero-order valence-electron chi connectivity index (χ0n) is 9.57. The van der Waals surface area contributed by atoms with E-state index in [4.69, 9.17) is 4.74 Å². The number of nitrogens with zero attached hydrogens (tertiary/aromatic N) is 2. The van der Waals surface area contributed by atoms with Crippen LogP contribution >= 0.6 is 0 Å². The fourth-order valence-electron chi connectivity index (χ4n) is 1.44. The van der Waals surface area contributed by atoms with Gasteiger partial charge in [-0.1, -0.05) is 6.92 Å². The van der Waals surface area contributed by atoms with Crippen LogP contribution in [0.4, 0.5) is 0 Å². The lowest BCUT2D eigenvalue weighted by Crippen LogP contribution is -2.11. The highest BCUT2D eigenvalue weighted by molar-refractivity contribution is 5.66. The van der Waals surface area contributed by atoms with Crippen LogP contribution < -0.4 is 0 Å². The number of aryl methyl sites for hydroxylation is 2. The molecule has 0 N–H and O–H groups in total. The van der Waals surface area contributed by atoms with Crippen molar-refractivity contribution in [2.24, 2.45) is 0 Å². The van der Waals surface area contributed by atoms with Crippen molar-refractivity contribution in [2.45, 2.75) is 40.2 Å². The van der Waals surface area contributed by atoms with Gasteiger partial charge in [-0.2, -0.15) is 0 Å². The Morgan fingerprint density at radius 2 is 2.27 bits per heavy atom. The van der Waals surface area contributed by atoms with Crippen LogP contribution in [0.3, 0.4) is 0 Å². The van der Waals surface area contributed by atoms with Crippen molar-refractivity contribution in [1.29, 1.82) is 0 Å². The van der Waals surface area contributed by atoms with E-state index in [-0.39, 0.29) is 12.1 Å². The maximum atomic E-state index is 10.8. The van der Waals surface area contributed by atoms with E-state index in [1.54, 1.807) is 13.1 Å². The normalized spacial score (nSPS) is 12.3. The SMILES string of the molecule is CCc1nc(C)cnc1[C@@H](C)OC(C)=O. The molecule has 4 nitrogen and oxygen atoms in total. The number of carbonyl (C=O) groups is 1. The quantitative estimate of drug-likeness (QED) is 0.712. The first-order valence-electron chi connectivity index (χ1n) is 5.04. The smallest absolute Gasteiger partial charge is 0.303 e. The van der Waals surface area contributed by atoms with E-state index in [2.05, 4.69) is 9.97 Å². The third kappa shape index (κ3) is 3.01. The second-order valence-electron chi connectivity index (χ2n) is 3.45. The minimum Gasteiger partial charge on any atom is -0.456 e. The van der Waals surface area contributed by atoms with E-state index in [0.29, 0.717) is 0 Å². The average Bonchev–Trinajstić information content (AvgIpc) is 2.16. The summed E-state index contributed by atoms with van der Waals surface area (Å²) in [6.07, 6.45) is 2.15. The molecule has 0 fully saturated rings. The largest absolute Gasteiger partial charge is 0.456 e. The van der Waals surface area contributed by atoms with E-state index in [0.717, 1.165) is 23.5 Å². The molecule has 0 bridgehead atoms.